The number of nitrogens with zero attached hydrogens (tertiary/aromatic N) is 3. The number of allylic oxidation sites excluding steroid dienone is 2. The summed E-state index contributed by atoms with van der Waals surface area (Å²) >= 11 is 1.68. The van der Waals surface area contributed by atoms with Crippen LogP contribution in [0.5, 0.6) is 0 Å². The minimum Gasteiger partial charge on any atom is -0.328 e. The van der Waals surface area contributed by atoms with Gasteiger partial charge in [-0.05, 0) is 36.3 Å². The number of hydrogen-bond acceptors (Lipinski definition) is 5. The number of nitrogens with one attached hydrogen (secondary N) is 1. The smallest absolute Gasteiger partial charge is 0.226 e. The van der Waals surface area contributed by atoms with E-state index in [4.69, 9.17) is 0 Å². The van der Waals surface area contributed by atoms with Crippen molar-refractivity contribution < 1.29 is 4.79 Å². The average Bonchev–Trinajstić information content (AvgIpc) is 3.04. The van der Waals surface area contributed by atoms with Crippen LogP contribution in [-0.4, -0.2) is 20.5 Å². The molecule has 0 aromatic carbocycles. The highest BCUT2D eigenvalue weighted by molar-refractivity contribution is 7.10. The molecule has 2 atom stereocenters. The number of thiophene rings is 1. The molecule has 0 bridgehead atoms. The Hall–Kier alpha value is -1.95. The van der Waals surface area contributed by atoms with Gasteiger partial charge in [0.2, 0.25) is 5.95 Å². The Bertz CT molecular complexity index is 757. The van der Waals surface area contributed by atoms with Crippen LogP contribution in [0.1, 0.15) is 36.2 Å². The highest BCUT2D eigenvalue weighted by atomic mass is 32.1. The van der Waals surface area contributed by atoms with Crippen LogP contribution >= 0.6 is 11.3 Å². The fraction of sp³-hybridized carbons (Fsp3) is 0.400. The van der Waals surface area contributed by atoms with Crippen molar-refractivity contribution in [3.05, 3.63) is 39.5 Å². The topological polar surface area (TPSA) is 59.8 Å². The number of aryl methyl sites for hydroxylation is 1. The first-order valence-electron chi connectivity index (χ1n) is 7.12. The first-order valence-corrected chi connectivity index (χ1v) is 8.00. The molecule has 0 fully saturated rings. The number of aromatic nitrogens is 3. The van der Waals surface area contributed by atoms with E-state index in [1.807, 2.05) is 4.68 Å². The zero-order valence-electron chi connectivity index (χ0n) is 12.0. The number of carbonyl (C=O) groups is 1. The van der Waals surface area contributed by atoms with Gasteiger partial charge < -0.3 is 5.32 Å². The van der Waals surface area contributed by atoms with E-state index in [0.717, 1.165) is 23.6 Å². The molecular weight excluding hydrogens is 284 g/mol. The fourth-order valence-electron chi connectivity index (χ4n) is 3.25. The molecule has 2 aliphatic rings. The van der Waals surface area contributed by atoms with Gasteiger partial charge in [-0.25, -0.2) is 4.68 Å². The molecule has 5 nitrogen and oxygen atoms in total. The van der Waals surface area contributed by atoms with Crippen LogP contribution in [0, 0.1) is 12.8 Å². The Labute approximate surface area is 126 Å². The van der Waals surface area contributed by atoms with Crippen LogP contribution in [0.25, 0.3) is 0 Å². The molecule has 6 heteroatoms. The summed E-state index contributed by atoms with van der Waals surface area (Å²) in [5.41, 5.74) is 3.10. The van der Waals surface area contributed by atoms with Crippen LogP contribution < -0.4 is 5.32 Å². The molecule has 0 saturated carbocycles. The first-order chi connectivity index (χ1) is 10.1. The molecule has 1 N–H and O–H groups in total. The SMILES string of the molecule is Cc1ccsc1[C@@H]1C2=C(C[C@@H](C)CC2=O)Nc2ncnn21. The molecule has 21 heavy (non-hydrogen) atoms. The van der Waals surface area contributed by atoms with Gasteiger partial charge >= 0.3 is 0 Å². The third-order valence-electron chi connectivity index (χ3n) is 4.22. The maximum Gasteiger partial charge on any atom is 0.226 e. The van der Waals surface area contributed by atoms with Crippen molar-refractivity contribution in [3.63, 3.8) is 0 Å². The number of ketones is 1. The summed E-state index contributed by atoms with van der Waals surface area (Å²) in [6.07, 6.45) is 3.06. The molecule has 3 heterocycles. The third-order valence-corrected chi connectivity index (χ3v) is 5.29. The van der Waals surface area contributed by atoms with E-state index in [0.29, 0.717) is 12.3 Å². The zero-order chi connectivity index (χ0) is 14.6. The van der Waals surface area contributed by atoms with Crippen molar-refractivity contribution >= 4 is 23.1 Å². The van der Waals surface area contributed by atoms with E-state index in [1.54, 1.807) is 17.7 Å². The van der Waals surface area contributed by atoms with Crippen molar-refractivity contribution in [2.45, 2.75) is 32.7 Å². The van der Waals surface area contributed by atoms with Gasteiger partial charge in [0.25, 0.3) is 0 Å². The lowest BCUT2D eigenvalue weighted by atomic mass is 9.82. The van der Waals surface area contributed by atoms with Gasteiger partial charge in [-0.15, -0.1) is 11.3 Å². The Kier molecular flexibility index (Phi) is 2.75. The molecule has 4 rings (SSSR count). The van der Waals surface area contributed by atoms with Crippen LogP contribution in [-0.2, 0) is 4.79 Å². The highest BCUT2D eigenvalue weighted by Crippen LogP contribution is 2.43. The quantitative estimate of drug-likeness (QED) is 0.879. The van der Waals surface area contributed by atoms with Crippen molar-refractivity contribution in [1.29, 1.82) is 0 Å². The molecular formula is C15H16N4OS. The minimum atomic E-state index is -0.126. The third kappa shape index (κ3) is 1.86. The Balaban J connectivity index is 1.93. The number of carbonyl (C=O) groups excluding carboxylic acids is 1. The average molecular weight is 300 g/mol. The number of hydrogen-bond donors (Lipinski definition) is 1. The van der Waals surface area contributed by atoms with Gasteiger partial charge in [0.05, 0.1) is 0 Å². The lowest BCUT2D eigenvalue weighted by molar-refractivity contribution is -0.117. The predicted molar refractivity (Wildman–Crippen MR) is 81.3 cm³/mol. The summed E-state index contributed by atoms with van der Waals surface area (Å²) in [4.78, 5) is 18.1. The number of rotatable bonds is 1. The van der Waals surface area contributed by atoms with Crippen molar-refractivity contribution in [1.82, 2.24) is 14.8 Å². The van der Waals surface area contributed by atoms with Crippen LogP contribution in [0.2, 0.25) is 0 Å². The van der Waals surface area contributed by atoms with E-state index < -0.39 is 0 Å². The second-order valence-electron chi connectivity index (χ2n) is 5.85. The number of fused-ring (bicyclic) bond motifs is 1. The Morgan fingerprint density at radius 1 is 1.43 bits per heavy atom. The molecule has 1 aliphatic heterocycles. The van der Waals surface area contributed by atoms with Gasteiger partial charge in [0.1, 0.15) is 12.4 Å². The molecule has 0 unspecified atom stereocenters. The maximum absolute atomic E-state index is 12.6. The largest absolute Gasteiger partial charge is 0.328 e. The van der Waals surface area contributed by atoms with E-state index in [2.05, 4.69) is 40.7 Å². The minimum absolute atomic E-state index is 0.126. The van der Waals surface area contributed by atoms with E-state index in [1.165, 1.54) is 10.4 Å². The molecule has 108 valence electrons. The van der Waals surface area contributed by atoms with Crippen LogP contribution in [0.15, 0.2) is 29.0 Å². The second kappa shape index (κ2) is 4.53. The predicted octanol–water partition coefficient (Wildman–Crippen LogP) is 2.92. The normalized spacial score (nSPS) is 24.6. The maximum atomic E-state index is 12.6. The highest BCUT2D eigenvalue weighted by Gasteiger charge is 2.38. The summed E-state index contributed by atoms with van der Waals surface area (Å²) in [6, 6.07) is 1.97. The lowest BCUT2D eigenvalue weighted by Gasteiger charge is -2.33. The lowest BCUT2D eigenvalue weighted by Crippen LogP contribution is -2.33. The summed E-state index contributed by atoms with van der Waals surface area (Å²) in [6.45, 7) is 4.20. The van der Waals surface area contributed by atoms with Gasteiger partial charge in [0, 0.05) is 22.6 Å². The van der Waals surface area contributed by atoms with Crippen molar-refractivity contribution in [2.24, 2.45) is 5.92 Å². The molecule has 0 saturated heterocycles. The Morgan fingerprint density at radius 3 is 3.05 bits per heavy atom. The van der Waals surface area contributed by atoms with Crippen LogP contribution in [0.3, 0.4) is 0 Å². The summed E-state index contributed by atoms with van der Waals surface area (Å²) in [7, 11) is 0. The molecule has 0 radical (unpaired) electrons. The fourth-order valence-corrected chi connectivity index (χ4v) is 4.27. The second-order valence-corrected chi connectivity index (χ2v) is 6.80. The van der Waals surface area contributed by atoms with Gasteiger partial charge in [-0.1, -0.05) is 6.92 Å². The molecule has 2 aromatic rings. The van der Waals surface area contributed by atoms with E-state index in [9.17, 15) is 4.79 Å². The molecule has 0 amide bonds. The molecule has 2 aromatic heterocycles. The zero-order valence-corrected chi connectivity index (χ0v) is 12.8. The summed E-state index contributed by atoms with van der Waals surface area (Å²) < 4.78 is 1.84. The monoisotopic (exact) mass is 300 g/mol. The van der Waals surface area contributed by atoms with Gasteiger partial charge in [-0.2, -0.15) is 10.1 Å². The standard InChI is InChI=1S/C15H16N4OS/c1-8-5-10-12(11(20)6-8)13(14-9(2)3-4-21-14)19-15(18-10)16-7-17-19/h3-4,7-8,13H,5-6H2,1-2H3,(H,16,17,18)/t8-,13+/m1/s1. The Morgan fingerprint density at radius 2 is 2.29 bits per heavy atom. The van der Waals surface area contributed by atoms with Crippen molar-refractivity contribution in [3.8, 4) is 0 Å². The van der Waals surface area contributed by atoms with Crippen molar-refractivity contribution in [2.75, 3.05) is 5.32 Å². The number of anilines is 1. The summed E-state index contributed by atoms with van der Waals surface area (Å²) in [5, 5.41) is 9.72. The van der Waals surface area contributed by atoms with Gasteiger partial charge in [0.15, 0.2) is 5.78 Å². The molecule has 1 aliphatic carbocycles. The van der Waals surface area contributed by atoms with Crippen LogP contribution in [0.4, 0.5) is 5.95 Å². The number of Topliss-reactive ketones (excluding diaryl/α,β-unsaturated/α-hetero) is 1. The summed E-state index contributed by atoms with van der Waals surface area (Å²) in [5.74, 6) is 1.34. The first kappa shape index (κ1) is 12.8. The van der Waals surface area contributed by atoms with E-state index in [-0.39, 0.29) is 11.8 Å². The van der Waals surface area contributed by atoms with E-state index >= 15 is 0 Å². The molecule has 0 spiro atoms. The van der Waals surface area contributed by atoms with Gasteiger partial charge in [-0.3, -0.25) is 4.79 Å².